The van der Waals surface area contributed by atoms with Gasteiger partial charge in [-0.3, -0.25) is 10.00 Å². The minimum atomic E-state index is -4.55. The highest BCUT2D eigenvalue weighted by Gasteiger charge is 2.41. The molecule has 1 aliphatic heterocycles. The van der Waals surface area contributed by atoms with Gasteiger partial charge in [-0.1, -0.05) is 0 Å². The Morgan fingerprint density at radius 2 is 2.09 bits per heavy atom. The van der Waals surface area contributed by atoms with Crippen molar-refractivity contribution in [1.29, 1.82) is 0 Å². The lowest BCUT2D eigenvalue weighted by atomic mass is 10.0. The standard InChI is InChI=1S/C13H19F3N4O2/c1-12(2,3)22-11(21)20-5-4-17-7-9(20)8-6-18-19-10(8)13(14,15)16/h6,9,17H,4-5,7H2,1-3H3,(H,18,19). The smallest absolute Gasteiger partial charge is 0.433 e. The summed E-state index contributed by atoms with van der Waals surface area (Å²) >= 11 is 0. The third-order valence-electron chi connectivity index (χ3n) is 3.18. The van der Waals surface area contributed by atoms with E-state index < -0.39 is 29.6 Å². The molecular weight excluding hydrogens is 301 g/mol. The Kier molecular flexibility index (Phi) is 4.37. The number of nitrogens with one attached hydrogen (secondary N) is 2. The highest BCUT2D eigenvalue weighted by Crippen LogP contribution is 2.35. The highest BCUT2D eigenvalue weighted by atomic mass is 19.4. The van der Waals surface area contributed by atoms with Crippen molar-refractivity contribution in [1.82, 2.24) is 20.4 Å². The number of alkyl halides is 3. The van der Waals surface area contributed by atoms with Gasteiger partial charge in [0.15, 0.2) is 0 Å². The third kappa shape index (κ3) is 3.70. The predicted octanol–water partition coefficient (Wildman–Crippen LogP) is 2.31. The van der Waals surface area contributed by atoms with Crippen molar-refractivity contribution in [3.8, 4) is 0 Å². The number of nitrogens with zero attached hydrogens (tertiary/aromatic N) is 2. The summed E-state index contributed by atoms with van der Waals surface area (Å²) in [4.78, 5) is 13.6. The zero-order valence-electron chi connectivity index (χ0n) is 12.6. The van der Waals surface area contributed by atoms with Crippen LogP contribution in [-0.2, 0) is 10.9 Å². The highest BCUT2D eigenvalue weighted by molar-refractivity contribution is 5.69. The van der Waals surface area contributed by atoms with Gasteiger partial charge in [-0.2, -0.15) is 18.3 Å². The van der Waals surface area contributed by atoms with Gasteiger partial charge in [-0.25, -0.2) is 4.79 Å². The van der Waals surface area contributed by atoms with E-state index in [2.05, 4.69) is 10.4 Å². The summed E-state index contributed by atoms with van der Waals surface area (Å²) < 4.78 is 44.3. The van der Waals surface area contributed by atoms with Crippen LogP contribution in [-0.4, -0.2) is 46.4 Å². The van der Waals surface area contributed by atoms with Crippen LogP contribution >= 0.6 is 0 Å². The number of ether oxygens (including phenoxy) is 1. The van der Waals surface area contributed by atoms with Crippen molar-refractivity contribution in [2.75, 3.05) is 19.6 Å². The van der Waals surface area contributed by atoms with Crippen LogP contribution in [0.5, 0.6) is 0 Å². The summed E-state index contributed by atoms with van der Waals surface area (Å²) in [5.74, 6) is 0. The van der Waals surface area contributed by atoms with E-state index in [1.807, 2.05) is 5.10 Å². The van der Waals surface area contributed by atoms with Crippen molar-refractivity contribution in [2.45, 2.75) is 38.6 Å². The molecule has 2 rings (SSSR count). The van der Waals surface area contributed by atoms with Crippen LogP contribution in [0.3, 0.4) is 0 Å². The number of H-pyrrole nitrogens is 1. The van der Waals surface area contributed by atoms with Crippen LogP contribution in [0.15, 0.2) is 6.20 Å². The molecule has 1 amide bonds. The molecule has 0 spiro atoms. The Morgan fingerprint density at radius 3 is 2.68 bits per heavy atom. The summed E-state index contributed by atoms with van der Waals surface area (Å²) in [5, 5.41) is 8.44. The molecule has 0 radical (unpaired) electrons. The lowest BCUT2D eigenvalue weighted by molar-refractivity contribution is -0.142. The number of carbonyl (C=O) groups excluding carboxylic acids is 1. The molecule has 1 fully saturated rings. The van der Waals surface area contributed by atoms with E-state index >= 15 is 0 Å². The molecule has 9 heteroatoms. The second-order valence-corrected chi connectivity index (χ2v) is 6.09. The van der Waals surface area contributed by atoms with Gasteiger partial charge in [0, 0.05) is 25.2 Å². The summed E-state index contributed by atoms with van der Waals surface area (Å²) in [6.07, 6.45) is -4.07. The van der Waals surface area contributed by atoms with E-state index in [-0.39, 0.29) is 18.7 Å². The maximum atomic E-state index is 13.0. The topological polar surface area (TPSA) is 70.2 Å². The van der Waals surface area contributed by atoms with Crippen LogP contribution in [0.25, 0.3) is 0 Å². The Morgan fingerprint density at radius 1 is 1.41 bits per heavy atom. The number of hydrogen-bond donors (Lipinski definition) is 2. The first-order valence-corrected chi connectivity index (χ1v) is 6.90. The van der Waals surface area contributed by atoms with Crippen molar-refractivity contribution in [2.24, 2.45) is 0 Å². The predicted molar refractivity (Wildman–Crippen MR) is 72.1 cm³/mol. The summed E-state index contributed by atoms with van der Waals surface area (Å²) in [6.45, 7) is 6.10. The zero-order chi connectivity index (χ0) is 16.5. The molecule has 0 saturated carbocycles. The molecule has 22 heavy (non-hydrogen) atoms. The lowest BCUT2D eigenvalue weighted by Crippen LogP contribution is -2.50. The molecule has 124 valence electrons. The van der Waals surface area contributed by atoms with E-state index in [1.54, 1.807) is 20.8 Å². The number of carbonyl (C=O) groups is 1. The van der Waals surface area contributed by atoms with Crippen molar-refractivity contribution < 1.29 is 22.7 Å². The number of aromatic nitrogens is 2. The van der Waals surface area contributed by atoms with Gasteiger partial charge in [0.1, 0.15) is 11.3 Å². The van der Waals surface area contributed by atoms with Crippen LogP contribution < -0.4 is 5.32 Å². The maximum Gasteiger partial charge on any atom is 0.433 e. The monoisotopic (exact) mass is 320 g/mol. The minimum absolute atomic E-state index is 0.0643. The molecule has 1 unspecified atom stereocenters. The average molecular weight is 320 g/mol. The molecule has 6 nitrogen and oxygen atoms in total. The fraction of sp³-hybridized carbons (Fsp3) is 0.692. The Balaban J connectivity index is 2.28. The van der Waals surface area contributed by atoms with E-state index in [0.717, 1.165) is 6.20 Å². The number of hydrogen-bond acceptors (Lipinski definition) is 4. The molecule has 0 aromatic carbocycles. The molecule has 2 heterocycles. The summed E-state index contributed by atoms with van der Waals surface area (Å²) in [7, 11) is 0. The van der Waals surface area contributed by atoms with Gasteiger partial charge in [0.25, 0.3) is 0 Å². The van der Waals surface area contributed by atoms with Gasteiger partial charge in [-0.15, -0.1) is 0 Å². The van der Waals surface area contributed by atoms with Crippen molar-refractivity contribution >= 4 is 6.09 Å². The van der Waals surface area contributed by atoms with Crippen LogP contribution in [0.4, 0.5) is 18.0 Å². The molecule has 1 aromatic heterocycles. The molecule has 1 aromatic rings. The largest absolute Gasteiger partial charge is 0.444 e. The van der Waals surface area contributed by atoms with Crippen molar-refractivity contribution in [3.05, 3.63) is 17.5 Å². The minimum Gasteiger partial charge on any atom is -0.444 e. The number of rotatable bonds is 1. The van der Waals surface area contributed by atoms with Crippen molar-refractivity contribution in [3.63, 3.8) is 0 Å². The van der Waals surface area contributed by atoms with E-state index in [9.17, 15) is 18.0 Å². The van der Waals surface area contributed by atoms with Gasteiger partial charge in [0.05, 0.1) is 12.2 Å². The SMILES string of the molecule is CC(C)(C)OC(=O)N1CCNCC1c1cn[nH]c1C(F)(F)F. The Hall–Kier alpha value is -1.77. The fourth-order valence-electron chi connectivity index (χ4n) is 2.30. The molecule has 0 bridgehead atoms. The van der Waals surface area contributed by atoms with Crippen LogP contribution in [0, 0.1) is 0 Å². The first-order valence-electron chi connectivity index (χ1n) is 6.90. The maximum absolute atomic E-state index is 13.0. The van der Waals surface area contributed by atoms with Gasteiger partial charge < -0.3 is 10.1 Å². The van der Waals surface area contributed by atoms with Gasteiger partial charge in [-0.05, 0) is 20.8 Å². The first-order chi connectivity index (χ1) is 10.1. The van der Waals surface area contributed by atoms with Crippen LogP contribution in [0.1, 0.15) is 38.1 Å². The summed E-state index contributed by atoms with van der Waals surface area (Å²) in [6, 6.07) is -0.779. The number of amides is 1. The second-order valence-electron chi connectivity index (χ2n) is 6.09. The quantitative estimate of drug-likeness (QED) is 0.833. The van der Waals surface area contributed by atoms with Gasteiger partial charge in [0.2, 0.25) is 0 Å². The molecule has 2 N–H and O–H groups in total. The molecule has 0 aliphatic carbocycles. The van der Waals surface area contributed by atoms with E-state index in [0.29, 0.717) is 6.54 Å². The number of piperazine rings is 1. The zero-order valence-corrected chi connectivity index (χ0v) is 12.6. The average Bonchev–Trinajstić information content (AvgIpc) is 2.85. The Labute approximate surface area is 126 Å². The molecule has 1 aliphatic rings. The number of aromatic amines is 1. The molecular formula is C13H19F3N4O2. The lowest BCUT2D eigenvalue weighted by Gasteiger charge is -2.37. The fourth-order valence-corrected chi connectivity index (χ4v) is 2.30. The number of halogens is 3. The normalized spacial score (nSPS) is 20.1. The molecule has 1 saturated heterocycles. The van der Waals surface area contributed by atoms with Crippen LogP contribution in [0.2, 0.25) is 0 Å². The Bertz CT molecular complexity index is 536. The summed E-state index contributed by atoms with van der Waals surface area (Å²) in [5.41, 5.74) is -1.71. The van der Waals surface area contributed by atoms with E-state index in [4.69, 9.17) is 4.74 Å². The van der Waals surface area contributed by atoms with E-state index in [1.165, 1.54) is 4.90 Å². The third-order valence-corrected chi connectivity index (χ3v) is 3.18. The second kappa shape index (κ2) is 5.79. The van der Waals surface area contributed by atoms with Gasteiger partial charge >= 0.3 is 12.3 Å². The first kappa shape index (κ1) is 16.6. The molecule has 1 atom stereocenters.